The normalized spacial score (nSPS) is 12.1. The molecule has 0 aliphatic heterocycles. The van der Waals surface area contributed by atoms with Crippen molar-refractivity contribution in [3.8, 4) is 11.8 Å². The molecular weight excluding hydrogens is 368 g/mol. The Kier molecular flexibility index (Phi) is 5.71. The van der Waals surface area contributed by atoms with Crippen molar-refractivity contribution in [1.82, 2.24) is 10.3 Å². The van der Waals surface area contributed by atoms with E-state index in [2.05, 4.69) is 22.1 Å². The molecule has 29 heavy (non-hydrogen) atoms. The lowest BCUT2D eigenvalue weighted by Gasteiger charge is -2.14. The molecule has 0 spiro atoms. The van der Waals surface area contributed by atoms with Crippen LogP contribution in [0.15, 0.2) is 54.7 Å². The van der Waals surface area contributed by atoms with Gasteiger partial charge in [0.15, 0.2) is 0 Å². The molecular formula is C23H22N2O4. The second-order valence-corrected chi connectivity index (χ2v) is 7.31. The topological polar surface area (TPSA) is 102 Å². The van der Waals surface area contributed by atoms with Crippen molar-refractivity contribution in [2.45, 2.75) is 31.9 Å². The molecule has 6 heteroatoms. The fourth-order valence-corrected chi connectivity index (χ4v) is 2.89. The molecule has 0 aliphatic carbocycles. The molecule has 1 amide bonds. The third-order valence-corrected chi connectivity index (χ3v) is 4.36. The Morgan fingerprint density at radius 1 is 1.14 bits per heavy atom. The van der Waals surface area contributed by atoms with Gasteiger partial charge in [0.1, 0.15) is 11.6 Å². The van der Waals surface area contributed by atoms with Crippen LogP contribution in [0.25, 0.3) is 10.9 Å². The molecule has 6 nitrogen and oxygen atoms in total. The third-order valence-electron chi connectivity index (χ3n) is 4.36. The summed E-state index contributed by atoms with van der Waals surface area (Å²) in [5.41, 5.74) is 1.63. The van der Waals surface area contributed by atoms with Gasteiger partial charge in [0.2, 0.25) is 0 Å². The number of fused-ring (bicyclic) bond motifs is 1. The van der Waals surface area contributed by atoms with Gasteiger partial charge >= 0.3 is 5.97 Å². The standard InChI is InChI=1S/C23H22N2O4/c1-23(2,29)12-11-15-7-9-16(10-8-15)21(26)25-20(22(27)28)13-17-14-24-19-6-4-3-5-18(17)19/h3-10,14,20,24,29H,13H2,1-2H3,(H,25,26)(H,27,28)/t20-/m1/s1. The van der Waals surface area contributed by atoms with E-state index >= 15 is 0 Å². The molecule has 0 radical (unpaired) electrons. The maximum Gasteiger partial charge on any atom is 0.326 e. The first-order valence-electron chi connectivity index (χ1n) is 9.17. The van der Waals surface area contributed by atoms with E-state index in [0.29, 0.717) is 11.1 Å². The first-order valence-corrected chi connectivity index (χ1v) is 9.17. The number of nitrogens with one attached hydrogen (secondary N) is 2. The minimum atomic E-state index is -1.10. The van der Waals surface area contributed by atoms with Crippen molar-refractivity contribution in [2.75, 3.05) is 0 Å². The Bertz CT molecular complexity index is 1100. The van der Waals surface area contributed by atoms with Gasteiger partial charge in [-0.15, -0.1) is 0 Å². The van der Waals surface area contributed by atoms with Gasteiger partial charge in [-0.2, -0.15) is 0 Å². The summed E-state index contributed by atoms with van der Waals surface area (Å²) < 4.78 is 0. The Morgan fingerprint density at radius 3 is 2.48 bits per heavy atom. The summed E-state index contributed by atoms with van der Waals surface area (Å²) in [6.07, 6.45) is 1.93. The predicted molar refractivity (Wildman–Crippen MR) is 111 cm³/mol. The van der Waals surface area contributed by atoms with Gasteiger partial charge in [-0.3, -0.25) is 4.79 Å². The van der Waals surface area contributed by atoms with Crippen molar-refractivity contribution < 1.29 is 19.8 Å². The molecule has 0 fully saturated rings. The van der Waals surface area contributed by atoms with Crippen molar-refractivity contribution in [2.24, 2.45) is 0 Å². The van der Waals surface area contributed by atoms with Crippen LogP contribution in [0.4, 0.5) is 0 Å². The number of carbonyl (C=O) groups is 2. The van der Waals surface area contributed by atoms with Crippen LogP contribution in [-0.2, 0) is 11.2 Å². The molecule has 148 valence electrons. The SMILES string of the molecule is CC(C)(O)C#Cc1ccc(C(=O)N[C@H](Cc2c[nH]c3ccccc23)C(=O)O)cc1. The van der Waals surface area contributed by atoms with Gasteiger partial charge in [-0.05, 0) is 49.7 Å². The summed E-state index contributed by atoms with van der Waals surface area (Å²) in [6.45, 7) is 3.17. The number of H-pyrrole nitrogens is 1. The van der Waals surface area contributed by atoms with Crippen molar-refractivity contribution in [1.29, 1.82) is 0 Å². The molecule has 1 atom stereocenters. The van der Waals surface area contributed by atoms with Crippen LogP contribution in [0.5, 0.6) is 0 Å². The van der Waals surface area contributed by atoms with Crippen LogP contribution in [0.3, 0.4) is 0 Å². The van der Waals surface area contributed by atoms with Crippen LogP contribution < -0.4 is 5.32 Å². The first-order chi connectivity index (χ1) is 13.7. The van der Waals surface area contributed by atoms with Gasteiger partial charge in [0, 0.05) is 34.6 Å². The van der Waals surface area contributed by atoms with Crippen molar-refractivity contribution in [3.05, 3.63) is 71.4 Å². The first kappa shape index (κ1) is 20.2. The maximum absolute atomic E-state index is 12.5. The molecule has 3 aromatic rings. The zero-order valence-electron chi connectivity index (χ0n) is 16.2. The lowest BCUT2D eigenvalue weighted by atomic mass is 10.0. The largest absolute Gasteiger partial charge is 0.480 e. The zero-order chi connectivity index (χ0) is 21.0. The number of aromatic amines is 1. The Labute approximate surface area is 168 Å². The van der Waals surface area contributed by atoms with E-state index in [1.165, 1.54) is 0 Å². The Balaban J connectivity index is 1.72. The lowest BCUT2D eigenvalue weighted by Crippen LogP contribution is -2.42. The predicted octanol–water partition coefficient (Wildman–Crippen LogP) is 2.72. The highest BCUT2D eigenvalue weighted by Crippen LogP contribution is 2.19. The Morgan fingerprint density at radius 2 is 1.83 bits per heavy atom. The van der Waals surface area contributed by atoms with Crippen LogP contribution >= 0.6 is 0 Å². The average Bonchev–Trinajstić information content (AvgIpc) is 3.08. The molecule has 3 rings (SSSR count). The lowest BCUT2D eigenvalue weighted by molar-refractivity contribution is -0.139. The molecule has 0 unspecified atom stereocenters. The number of aliphatic hydroxyl groups is 1. The number of aromatic nitrogens is 1. The third kappa shape index (κ3) is 5.24. The van der Waals surface area contributed by atoms with Crippen LogP contribution in [0, 0.1) is 11.8 Å². The zero-order valence-corrected chi connectivity index (χ0v) is 16.2. The molecule has 0 bridgehead atoms. The van der Waals surface area contributed by atoms with E-state index in [4.69, 9.17) is 0 Å². The molecule has 0 aliphatic rings. The molecule has 1 aromatic heterocycles. The average molecular weight is 390 g/mol. The number of amides is 1. The van der Waals surface area contributed by atoms with Crippen molar-refractivity contribution in [3.63, 3.8) is 0 Å². The number of aliphatic carboxylic acids is 1. The molecule has 0 saturated carbocycles. The minimum Gasteiger partial charge on any atom is -0.480 e. The van der Waals surface area contributed by atoms with Crippen molar-refractivity contribution >= 4 is 22.8 Å². The summed E-state index contributed by atoms with van der Waals surface area (Å²) in [4.78, 5) is 27.3. The van der Waals surface area contributed by atoms with Gasteiger partial charge in [-0.1, -0.05) is 30.0 Å². The van der Waals surface area contributed by atoms with Gasteiger partial charge in [0.25, 0.3) is 5.91 Å². The summed E-state index contributed by atoms with van der Waals surface area (Å²) >= 11 is 0. The molecule has 2 aromatic carbocycles. The molecule has 0 saturated heterocycles. The van der Waals surface area contributed by atoms with E-state index in [0.717, 1.165) is 16.5 Å². The number of carbonyl (C=O) groups excluding carboxylic acids is 1. The summed E-state index contributed by atoms with van der Waals surface area (Å²) in [7, 11) is 0. The van der Waals surface area contributed by atoms with Gasteiger partial charge in [0.05, 0.1) is 0 Å². The molecule has 4 N–H and O–H groups in total. The summed E-state index contributed by atoms with van der Waals surface area (Å²) in [5, 5.41) is 22.7. The van der Waals surface area contributed by atoms with Crippen LogP contribution in [0.2, 0.25) is 0 Å². The van der Waals surface area contributed by atoms with E-state index in [9.17, 15) is 19.8 Å². The number of carboxylic acid groups (broad SMARTS) is 1. The highest BCUT2D eigenvalue weighted by molar-refractivity contribution is 5.97. The minimum absolute atomic E-state index is 0.167. The highest BCUT2D eigenvalue weighted by Gasteiger charge is 2.22. The maximum atomic E-state index is 12.5. The summed E-state index contributed by atoms with van der Waals surface area (Å²) in [5.74, 6) is 3.95. The fraction of sp³-hybridized carbons (Fsp3) is 0.217. The number of benzene rings is 2. The fourth-order valence-electron chi connectivity index (χ4n) is 2.89. The summed E-state index contributed by atoms with van der Waals surface area (Å²) in [6, 6.07) is 13.0. The van der Waals surface area contributed by atoms with Gasteiger partial charge in [-0.25, -0.2) is 4.79 Å². The Hall–Kier alpha value is -3.56. The van der Waals surface area contributed by atoms with Crippen LogP contribution in [-0.4, -0.2) is 38.7 Å². The second-order valence-electron chi connectivity index (χ2n) is 7.31. The van der Waals surface area contributed by atoms with Gasteiger partial charge < -0.3 is 20.5 Å². The van der Waals surface area contributed by atoms with E-state index < -0.39 is 23.5 Å². The second kappa shape index (κ2) is 8.21. The number of hydrogen-bond donors (Lipinski definition) is 4. The van der Waals surface area contributed by atoms with Crippen LogP contribution in [0.1, 0.15) is 35.3 Å². The number of para-hydroxylation sites is 1. The molecule has 1 heterocycles. The smallest absolute Gasteiger partial charge is 0.326 e. The highest BCUT2D eigenvalue weighted by atomic mass is 16.4. The quantitative estimate of drug-likeness (QED) is 0.503. The van der Waals surface area contributed by atoms with E-state index in [1.54, 1.807) is 44.3 Å². The monoisotopic (exact) mass is 390 g/mol. The number of hydrogen-bond acceptors (Lipinski definition) is 3. The van der Waals surface area contributed by atoms with E-state index in [1.807, 2.05) is 24.3 Å². The number of carboxylic acids is 1. The van der Waals surface area contributed by atoms with E-state index in [-0.39, 0.29) is 6.42 Å². The number of rotatable bonds is 5.